The number of hydrogen-bond acceptors (Lipinski definition) is 3. The summed E-state index contributed by atoms with van der Waals surface area (Å²) in [6, 6.07) is 10.1. The molecule has 0 spiro atoms. The van der Waals surface area contributed by atoms with Gasteiger partial charge in [0.05, 0.1) is 4.90 Å². The second-order valence-electron chi connectivity index (χ2n) is 5.65. The molecule has 2 aromatic rings. The first-order chi connectivity index (χ1) is 10.7. The summed E-state index contributed by atoms with van der Waals surface area (Å²) in [5, 5.41) is 7.91. The molecule has 0 aliphatic rings. The number of rotatable bonds is 4. The molecule has 5 nitrogen and oxygen atoms in total. The molecular weight excluding hydrogens is 312 g/mol. The number of carbonyl (C=O) groups is 1. The number of amides is 1. The maximum atomic E-state index is 12.4. The second-order valence-corrected chi connectivity index (χ2v) is 7.21. The monoisotopic (exact) mass is 332 g/mol. The number of nitrogens with one attached hydrogen (secondary N) is 1. The van der Waals surface area contributed by atoms with Gasteiger partial charge in [-0.3, -0.25) is 4.79 Å². The van der Waals surface area contributed by atoms with E-state index >= 15 is 0 Å². The molecule has 0 saturated heterocycles. The Labute approximate surface area is 136 Å². The lowest BCUT2D eigenvalue weighted by molar-refractivity contribution is 0.0949. The van der Waals surface area contributed by atoms with Crippen molar-refractivity contribution in [1.29, 1.82) is 0 Å². The van der Waals surface area contributed by atoms with Crippen LogP contribution in [0.15, 0.2) is 41.3 Å². The van der Waals surface area contributed by atoms with E-state index in [9.17, 15) is 13.2 Å². The van der Waals surface area contributed by atoms with Crippen molar-refractivity contribution in [3.8, 4) is 0 Å². The van der Waals surface area contributed by atoms with Gasteiger partial charge < -0.3 is 5.32 Å². The van der Waals surface area contributed by atoms with Gasteiger partial charge in [0.15, 0.2) is 0 Å². The van der Waals surface area contributed by atoms with Crippen molar-refractivity contribution in [3.63, 3.8) is 0 Å². The molecule has 1 amide bonds. The fourth-order valence-corrected chi connectivity index (χ4v) is 3.12. The highest BCUT2D eigenvalue weighted by molar-refractivity contribution is 7.89. The molecule has 0 fully saturated rings. The smallest absolute Gasteiger partial charge is 0.252 e. The maximum Gasteiger partial charge on any atom is 0.252 e. The van der Waals surface area contributed by atoms with E-state index < -0.39 is 10.0 Å². The van der Waals surface area contributed by atoms with E-state index in [4.69, 9.17) is 5.14 Å². The van der Waals surface area contributed by atoms with Crippen LogP contribution in [-0.4, -0.2) is 14.3 Å². The minimum Gasteiger partial charge on any atom is -0.348 e. The zero-order valence-corrected chi connectivity index (χ0v) is 14.2. The number of benzene rings is 2. The predicted molar refractivity (Wildman–Crippen MR) is 89.6 cm³/mol. The Bertz CT molecular complexity index is 818. The number of aryl methyl sites for hydroxylation is 3. The van der Waals surface area contributed by atoms with E-state index in [1.807, 2.05) is 32.9 Å². The number of hydrogen-bond donors (Lipinski definition) is 2. The minimum absolute atomic E-state index is 0.0535. The lowest BCUT2D eigenvalue weighted by Gasteiger charge is -2.12. The van der Waals surface area contributed by atoms with Crippen LogP contribution in [0.4, 0.5) is 0 Å². The summed E-state index contributed by atoms with van der Waals surface area (Å²) in [6.07, 6.45) is 0. The van der Waals surface area contributed by atoms with Gasteiger partial charge in [-0.15, -0.1) is 0 Å². The largest absolute Gasteiger partial charge is 0.348 e. The molecule has 0 aliphatic heterocycles. The van der Waals surface area contributed by atoms with Crippen LogP contribution in [-0.2, 0) is 16.6 Å². The highest BCUT2D eigenvalue weighted by Crippen LogP contribution is 2.16. The Morgan fingerprint density at radius 2 is 1.57 bits per heavy atom. The number of nitrogens with two attached hydrogens (primary N) is 1. The third-order valence-corrected chi connectivity index (χ3v) is 4.54. The summed E-state index contributed by atoms with van der Waals surface area (Å²) in [4.78, 5) is 12.4. The third kappa shape index (κ3) is 4.18. The van der Waals surface area contributed by atoms with Crippen LogP contribution in [0.2, 0.25) is 0 Å². The standard InChI is InChI=1S/C17H20N2O3S/c1-11-8-12(2)16(13(3)9-11)17(20)19-10-14-4-6-15(7-5-14)23(18,21)22/h4-9H,10H2,1-3H3,(H,19,20)(H2,18,21,22). The van der Waals surface area contributed by atoms with Gasteiger partial charge in [0.2, 0.25) is 10.0 Å². The number of primary sulfonamides is 1. The number of carbonyl (C=O) groups excluding carboxylic acids is 1. The van der Waals surface area contributed by atoms with Gasteiger partial charge in [-0.2, -0.15) is 0 Å². The van der Waals surface area contributed by atoms with Crippen LogP contribution in [0.1, 0.15) is 32.6 Å². The molecule has 3 N–H and O–H groups in total. The Hall–Kier alpha value is -2.18. The lowest BCUT2D eigenvalue weighted by Crippen LogP contribution is -2.24. The first-order valence-electron chi connectivity index (χ1n) is 7.16. The van der Waals surface area contributed by atoms with Crippen LogP contribution in [0.5, 0.6) is 0 Å². The molecule has 0 unspecified atom stereocenters. The normalized spacial score (nSPS) is 11.3. The zero-order chi connectivity index (χ0) is 17.2. The summed E-state index contributed by atoms with van der Waals surface area (Å²) in [5.41, 5.74) is 4.47. The fraction of sp³-hybridized carbons (Fsp3) is 0.235. The summed E-state index contributed by atoms with van der Waals surface area (Å²) < 4.78 is 22.4. The average molecular weight is 332 g/mol. The third-order valence-electron chi connectivity index (χ3n) is 3.61. The van der Waals surface area contributed by atoms with Crippen molar-refractivity contribution in [2.24, 2.45) is 5.14 Å². The highest BCUT2D eigenvalue weighted by atomic mass is 32.2. The van der Waals surface area contributed by atoms with Crippen LogP contribution in [0, 0.1) is 20.8 Å². The highest BCUT2D eigenvalue weighted by Gasteiger charge is 2.13. The fourth-order valence-electron chi connectivity index (χ4n) is 2.61. The molecule has 0 aliphatic carbocycles. The van der Waals surface area contributed by atoms with Crippen LogP contribution >= 0.6 is 0 Å². The minimum atomic E-state index is -3.70. The molecule has 2 rings (SSSR count). The van der Waals surface area contributed by atoms with Crippen LogP contribution < -0.4 is 10.5 Å². The van der Waals surface area contributed by atoms with Gasteiger partial charge in [0.25, 0.3) is 5.91 Å². The summed E-state index contributed by atoms with van der Waals surface area (Å²) in [6.45, 7) is 6.14. The van der Waals surface area contributed by atoms with E-state index in [0.29, 0.717) is 12.1 Å². The Morgan fingerprint density at radius 3 is 2.04 bits per heavy atom. The maximum absolute atomic E-state index is 12.4. The number of sulfonamides is 1. The summed E-state index contributed by atoms with van der Waals surface area (Å²) >= 11 is 0. The molecule has 0 saturated carbocycles. The molecule has 6 heteroatoms. The molecule has 0 radical (unpaired) electrons. The van der Waals surface area contributed by atoms with E-state index in [1.54, 1.807) is 12.1 Å². The molecule has 0 atom stereocenters. The molecule has 0 heterocycles. The molecule has 2 aromatic carbocycles. The second kappa shape index (κ2) is 6.52. The summed E-state index contributed by atoms with van der Waals surface area (Å²) in [5.74, 6) is -0.143. The predicted octanol–water partition coefficient (Wildman–Crippen LogP) is 2.19. The van der Waals surface area contributed by atoms with Gasteiger partial charge in [-0.05, 0) is 49.6 Å². The molecule has 0 aromatic heterocycles. The van der Waals surface area contributed by atoms with Crippen molar-refractivity contribution >= 4 is 15.9 Å². The van der Waals surface area contributed by atoms with E-state index in [1.165, 1.54) is 12.1 Å². The topological polar surface area (TPSA) is 89.3 Å². The first-order valence-corrected chi connectivity index (χ1v) is 8.71. The van der Waals surface area contributed by atoms with E-state index in [0.717, 1.165) is 22.3 Å². The quantitative estimate of drug-likeness (QED) is 0.899. The zero-order valence-electron chi connectivity index (χ0n) is 13.4. The van der Waals surface area contributed by atoms with Gasteiger partial charge in [-0.1, -0.05) is 29.8 Å². The van der Waals surface area contributed by atoms with Crippen LogP contribution in [0.3, 0.4) is 0 Å². The Balaban J connectivity index is 2.11. The van der Waals surface area contributed by atoms with Crippen molar-refractivity contribution in [2.75, 3.05) is 0 Å². The van der Waals surface area contributed by atoms with Gasteiger partial charge in [-0.25, -0.2) is 13.6 Å². The van der Waals surface area contributed by atoms with Crippen molar-refractivity contribution < 1.29 is 13.2 Å². The molecule has 122 valence electrons. The van der Waals surface area contributed by atoms with Crippen molar-refractivity contribution in [2.45, 2.75) is 32.2 Å². The lowest BCUT2D eigenvalue weighted by atomic mass is 9.99. The van der Waals surface area contributed by atoms with Crippen molar-refractivity contribution in [1.82, 2.24) is 5.32 Å². The van der Waals surface area contributed by atoms with Gasteiger partial charge >= 0.3 is 0 Å². The van der Waals surface area contributed by atoms with Crippen molar-refractivity contribution in [3.05, 3.63) is 64.2 Å². The Morgan fingerprint density at radius 1 is 1.04 bits per heavy atom. The molecule has 23 heavy (non-hydrogen) atoms. The molecule has 0 bridgehead atoms. The van der Waals surface area contributed by atoms with E-state index in [-0.39, 0.29) is 10.8 Å². The van der Waals surface area contributed by atoms with Gasteiger partial charge in [0, 0.05) is 12.1 Å². The molecular formula is C17H20N2O3S. The van der Waals surface area contributed by atoms with Crippen LogP contribution in [0.25, 0.3) is 0 Å². The van der Waals surface area contributed by atoms with Gasteiger partial charge in [0.1, 0.15) is 0 Å². The summed E-state index contributed by atoms with van der Waals surface area (Å²) in [7, 11) is -3.70. The SMILES string of the molecule is Cc1cc(C)c(C(=O)NCc2ccc(S(N)(=O)=O)cc2)c(C)c1. The van der Waals surface area contributed by atoms with E-state index in [2.05, 4.69) is 5.32 Å². The average Bonchev–Trinajstić information content (AvgIpc) is 2.43. The Kier molecular flexibility index (Phi) is 4.87. The first kappa shape index (κ1) is 17.2.